The number of carbonyl (C=O) groups excluding carboxylic acids is 1. The highest BCUT2D eigenvalue weighted by molar-refractivity contribution is 5.98. The minimum absolute atomic E-state index is 0.00612. The van der Waals surface area contributed by atoms with E-state index >= 15 is 0 Å². The first-order valence-electron chi connectivity index (χ1n) is 6.11. The molecule has 2 aromatic rings. The molecule has 1 aromatic carbocycles. The maximum atomic E-state index is 12.7. The SMILES string of the molecule is NC1Cc2cc(Oc3ncc(F)cn3)ccc2N(O)C1=O. The summed E-state index contributed by atoms with van der Waals surface area (Å²) in [5.74, 6) is -0.721. The van der Waals surface area contributed by atoms with E-state index in [1.54, 1.807) is 12.1 Å². The van der Waals surface area contributed by atoms with Gasteiger partial charge in [-0.2, -0.15) is 5.06 Å². The smallest absolute Gasteiger partial charge is 0.322 e. The number of aromatic nitrogens is 2. The number of nitrogens with two attached hydrogens (primary N) is 1. The lowest BCUT2D eigenvalue weighted by Crippen LogP contribution is -2.47. The van der Waals surface area contributed by atoms with Gasteiger partial charge in [0, 0.05) is 0 Å². The Morgan fingerprint density at radius 2 is 2.10 bits per heavy atom. The van der Waals surface area contributed by atoms with Crippen molar-refractivity contribution in [1.29, 1.82) is 0 Å². The van der Waals surface area contributed by atoms with E-state index in [2.05, 4.69) is 9.97 Å². The summed E-state index contributed by atoms with van der Waals surface area (Å²) in [6.07, 6.45) is 2.27. The van der Waals surface area contributed by atoms with Gasteiger partial charge in [-0.1, -0.05) is 0 Å². The molecule has 0 aliphatic carbocycles. The molecule has 3 rings (SSSR count). The van der Waals surface area contributed by atoms with Crippen LogP contribution in [0.15, 0.2) is 30.6 Å². The molecular weight excluding hydrogens is 279 g/mol. The second kappa shape index (κ2) is 5.08. The zero-order valence-electron chi connectivity index (χ0n) is 10.7. The van der Waals surface area contributed by atoms with Gasteiger partial charge < -0.3 is 10.5 Å². The topological polar surface area (TPSA) is 102 Å². The third-order valence-electron chi connectivity index (χ3n) is 3.05. The lowest BCUT2D eigenvalue weighted by atomic mass is 9.99. The third kappa shape index (κ3) is 2.54. The number of hydrogen-bond acceptors (Lipinski definition) is 6. The summed E-state index contributed by atoms with van der Waals surface area (Å²) < 4.78 is 18.1. The number of fused-ring (bicyclic) bond motifs is 1. The van der Waals surface area contributed by atoms with Gasteiger partial charge in [-0.15, -0.1) is 0 Å². The fourth-order valence-electron chi connectivity index (χ4n) is 2.05. The van der Waals surface area contributed by atoms with Crippen LogP contribution < -0.4 is 15.5 Å². The largest absolute Gasteiger partial charge is 0.424 e. The first-order chi connectivity index (χ1) is 10.0. The van der Waals surface area contributed by atoms with E-state index in [1.807, 2.05) is 0 Å². The lowest BCUT2D eigenvalue weighted by molar-refractivity contribution is -0.125. The van der Waals surface area contributed by atoms with Crippen molar-refractivity contribution >= 4 is 11.6 Å². The first kappa shape index (κ1) is 13.4. The van der Waals surface area contributed by atoms with Crippen LogP contribution in [-0.2, 0) is 11.2 Å². The van der Waals surface area contributed by atoms with Crippen LogP contribution in [0.5, 0.6) is 11.8 Å². The van der Waals surface area contributed by atoms with Crippen LogP contribution in [0.2, 0.25) is 0 Å². The summed E-state index contributed by atoms with van der Waals surface area (Å²) in [5.41, 5.74) is 6.66. The van der Waals surface area contributed by atoms with Gasteiger partial charge in [0.2, 0.25) is 0 Å². The van der Waals surface area contributed by atoms with E-state index in [1.165, 1.54) is 6.07 Å². The summed E-state index contributed by atoms with van der Waals surface area (Å²) in [6, 6.07) is 3.88. The van der Waals surface area contributed by atoms with Gasteiger partial charge in [0.05, 0.1) is 24.1 Å². The maximum Gasteiger partial charge on any atom is 0.322 e. The van der Waals surface area contributed by atoms with Crippen LogP contribution >= 0.6 is 0 Å². The number of amides is 1. The van der Waals surface area contributed by atoms with Crippen molar-refractivity contribution in [3.8, 4) is 11.8 Å². The molecular formula is C13H11FN4O3. The molecule has 0 bridgehead atoms. The average molecular weight is 290 g/mol. The minimum Gasteiger partial charge on any atom is -0.424 e. The van der Waals surface area contributed by atoms with Gasteiger partial charge in [-0.3, -0.25) is 10.0 Å². The summed E-state index contributed by atoms with van der Waals surface area (Å²) in [4.78, 5) is 18.9. The van der Waals surface area contributed by atoms with Crippen molar-refractivity contribution < 1.29 is 19.1 Å². The molecule has 2 heterocycles. The minimum atomic E-state index is -0.806. The molecule has 8 heteroatoms. The summed E-state index contributed by atoms with van der Waals surface area (Å²) in [7, 11) is 0. The van der Waals surface area contributed by atoms with E-state index in [-0.39, 0.29) is 12.4 Å². The molecule has 1 atom stereocenters. The van der Waals surface area contributed by atoms with E-state index in [4.69, 9.17) is 10.5 Å². The maximum absolute atomic E-state index is 12.7. The Morgan fingerprint density at radius 3 is 2.81 bits per heavy atom. The van der Waals surface area contributed by atoms with Gasteiger partial charge in [0.25, 0.3) is 5.91 Å². The summed E-state index contributed by atoms with van der Waals surface area (Å²) in [6.45, 7) is 0. The van der Waals surface area contributed by atoms with Crippen LogP contribution in [-0.4, -0.2) is 27.1 Å². The number of halogens is 1. The molecule has 3 N–H and O–H groups in total. The van der Waals surface area contributed by atoms with Crippen LogP contribution in [0.25, 0.3) is 0 Å². The number of benzene rings is 1. The number of nitrogens with zero attached hydrogens (tertiary/aromatic N) is 3. The molecule has 1 aromatic heterocycles. The van der Waals surface area contributed by atoms with Crippen molar-refractivity contribution in [1.82, 2.24) is 9.97 Å². The molecule has 108 valence electrons. The van der Waals surface area contributed by atoms with Crippen LogP contribution in [0, 0.1) is 5.82 Å². The number of rotatable bonds is 2. The number of hydroxylamine groups is 1. The van der Waals surface area contributed by atoms with E-state index in [0.717, 1.165) is 12.4 Å². The van der Waals surface area contributed by atoms with Gasteiger partial charge in [-0.05, 0) is 30.2 Å². The predicted octanol–water partition coefficient (Wildman–Crippen LogP) is 1.01. The van der Waals surface area contributed by atoms with Crippen LogP contribution in [0.1, 0.15) is 5.56 Å². The third-order valence-corrected chi connectivity index (χ3v) is 3.05. The molecule has 0 fully saturated rings. The van der Waals surface area contributed by atoms with Crippen LogP contribution in [0.3, 0.4) is 0 Å². The number of hydrogen-bond donors (Lipinski definition) is 2. The highest BCUT2D eigenvalue weighted by atomic mass is 19.1. The van der Waals surface area contributed by atoms with Crippen molar-refractivity contribution in [2.45, 2.75) is 12.5 Å². The van der Waals surface area contributed by atoms with E-state index in [9.17, 15) is 14.4 Å². The monoisotopic (exact) mass is 290 g/mol. The van der Waals surface area contributed by atoms with Gasteiger partial charge in [0.15, 0.2) is 5.82 Å². The van der Waals surface area contributed by atoms with Crippen molar-refractivity contribution in [3.63, 3.8) is 0 Å². The van der Waals surface area contributed by atoms with Crippen LogP contribution in [0.4, 0.5) is 10.1 Å². The van der Waals surface area contributed by atoms with Crippen molar-refractivity contribution in [3.05, 3.63) is 42.0 Å². The Bertz CT molecular complexity index is 692. The highest BCUT2D eigenvalue weighted by Gasteiger charge is 2.29. The second-order valence-electron chi connectivity index (χ2n) is 4.54. The molecule has 1 aliphatic heterocycles. The standard InChI is InChI=1S/C13H11FN4O3/c14-8-5-16-13(17-6-8)21-9-1-2-11-7(3-9)4-10(15)12(19)18(11)20/h1-3,5-6,10,20H,4,15H2. The Labute approximate surface area is 118 Å². The average Bonchev–Trinajstić information content (AvgIpc) is 2.47. The summed E-state index contributed by atoms with van der Waals surface area (Å²) in [5, 5.41) is 10.2. The Hall–Kier alpha value is -2.58. The fraction of sp³-hybridized carbons (Fsp3) is 0.154. The molecule has 1 unspecified atom stereocenters. The van der Waals surface area contributed by atoms with Gasteiger partial charge in [-0.25, -0.2) is 14.4 Å². The zero-order chi connectivity index (χ0) is 15.0. The molecule has 7 nitrogen and oxygen atoms in total. The molecule has 0 saturated carbocycles. The molecule has 0 radical (unpaired) electrons. The number of anilines is 1. The first-order valence-corrected chi connectivity index (χ1v) is 6.11. The lowest BCUT2D eigenvalue weighted by Gasteiger charge is -2.27. The molecule has 0 spiro atoms. The molecule has 0 saturated heterocycles. The Balaban J connectivity index is 1.88. The fourth-order valence-corrected chi connectivity index (χ4v) is 2.05. The zero-order valence-corrected chi connectivity index (χ0v) is 10.7. The normalized spacial score (nSPS) is 17.6. The summed E-state index contributed by atoms with van der Waals surface area (Å²) >= 11 is 0. The van der Waals surface area contributed by atoms with Gasteiger partial charge in [0.1, 0.15) is 5.75 Å². The second-order valence-corrected chi connectivity index (χ2v) is 4.54. The number of ether oxygens (including phenoxy) is 1. The quantitative estimate of drug-likeness (QED) is 0.800. The Morgan fingerprint density at radius 1 is 1.38 bits per heavy atom. The van der Waals surface area contributed by atoms with Gasteiger partial charge >= 0.3 is 6.01 Å². The molecule has 21 heavy (non-hydrogen) atoms. The van der Waals surface area contributed by atoms with Crippen molar-refractivity contribution in [2.75, 3.05) is 5.06 Å². The Kier molecular flexibility index (Phi) is 3.24. The molecule has 1 amide bonds. The van der Waals surface area contributed by atoms with E-state index in [0.29, 0.717) is 22.1 Å². The van der Waals surface area contributed by atoms with Crippen molar-refractivity contribution in [2.24, 2.45) is 5.73 Å². The number of carbonyl (C=O) groups is 1. The highest BCUT2D eigenvalue weighted by Crippen LogP contribution is 2.30. The molecule has 1 aliphatic rings. The van der Waals surface area contributed by atoms with E-state index < -0.39 is 17.8 Å². The predicted molar refractivity (Wildman–Crippen MR) is 69.5 cm³/mol.